The molecule has 1 heterocycles. The van der Waals surface area contributed by atoms with E-state index in [9.17, 15) is 9.59 Å². The number of methoxy groups -OCH3 is 1. The number of nitrogens with zero attached hydrogens (tertiary/aromatic N) is 3. The predicted molar refractivity (Wildman–Crippen MR) is 107 cm³/mol. The van der Waals surface area contributed by atoms with Crippen LogP contribution >= 0.6 is 11.5 Å². The Morgan fingerprint density at radius 3 is 2.64 bits per heavy atom. The van der Waals surface area contributed by atoms with Crippen LogP contribution in [0.3, 0.4) is 0 Å². The summed E-state index contributed by atoms with van der Waals surface area (Å²) in [5.41, 5.74) is 1.57. The molecule has 8 heteroatoms. The minimum Gasteiger partial charge on any atom is -0.497 e. The van der Waals surface area contributed by atoms with Gasteiger partial charge < -0.3 is 14.4 Å². The van der Waals surface area contributed by atoms with Gasteiger partial charge in [0.25, 0.3) is 5.91 Å². The largest absolute Gasteiger partial charge is 0.497 e. The molecule has 0 aliphatic carbocycles. The summed E-state index contributed by atoms with van der Waals surface area (Å²) in [6.45, 7) is 1.98. The van der Waals surface area contributed by atoms with E-state index in [0.717, 1.165) is 33.6 Å². The van der Waals surface area contributed by atoms with Gasteiger partial charge in [0.05, 0.1) is 12.8 Å². The Morgan fingerprint density at radius 2 is 1.89 bits per heavy atom. The fourth-order valence-corrected chi connectivity index (χ4v) is 3.40. The van der Waals surface area contributed by atoms with Crippen molar-refractivity contribution in [3.05, 3.63) is 52.5 Å². The van der Waals surface area contributed by atoms with E-state index >= 15 is 0 Å². The Kier molecular flexibility index (Phi) is 6.20. The van der Waals surface area contributed by atoms with Crippen molar-refractivity contribution in [2.45, 2.75) is 19.9 Å². The second kappa shape index (κ2) is 8.79. The maximum atomic E-state index is 12.3. The number of hydrogen-bond acceptors (Lipinski definition) is 7. The zero-order valence-electron chi connectivity index (χ0n) is 16.0. The fourth-order valence-electron chi connectivity index (χ4n) is 2.76. The fraction of sp³-hybridized carbons (Fsp3) is 0.300. The third kappa shape index (κ3) is 4.45. The molecule has 0 spiro atoms. The first kappa shape index (κ1) is 19.8. The molecule has 3 aromatic rings. The van der Waals surface area contributed by atoms with Crippen LogP contribution in [-0.2, 0) is 22.5 Å². The summed E-state index contributed by atoms with van der Waals surface area (Å²) in [6, 6.07) is 11.8. The van der Waals surface area contributed by atoms with Crippen molar-refractivity contribution in [1.82, 2.24) is 14.5 Å². The Balaban J connectivity index is 1.59. The molecule has 0 saturated carbocycles. The molecule has 0 N–H and O–H groups in total. The molecule has 7 nitrogen and oxygen atoms in total. The lowest BCUT2D eigenvalue weighted by Crippen LogP contribution is -2.30. The molecule has 1 aromatic heterocycles. The first-order valence-electron chi connectivity index (χ1n) is 8.80. The summed E-state index contributed by atoms with van der Waals surface area (Å²) < 4.78 is 14.1. The molecule has 3 rings (SSSR count). The average Bonchev–Trinajstić information content (AvgIpc) is 3.20. The summed E-state index contributed by atoms with van der Waals surface area (Å²) in [5.74, 6) is -0.0383. The summed E-state index contributed by atoms with van der Waals surface area (Å²) in [4.78, 5) is 26.3. The highest BCUT2D eigenvalue weighted by atomic mass is 32.1. The number of amides is 1. The smallest absolute Gasteiger partial charge is 0.352 e. The van der Waals surface area contributed by atoms with Gasteiger partial charge in [-0.3, -0.25) is 4.79 Å². The van der Waals surface area contributed by atoms with Crippen LogP contribution in [0, 0.1) is 0 Å². The van der Waals surface area contributed by atoms with E-state index in [-0.39, 0.29) is 12.5 Å². The maximum Gasteiger partial charge on any atom is 0.352 e. The van der Waals surface area contributed by atoms with Crippen LogP contribution in [-0.4, -0.2) is 47.1 Å². The lowest BCUT2D eigenvalue weighted by atomic mass is 10.1. The number of likely N-dealkylation sites (N-methyl/N-ethyl adjacent to an activating group) is 1. The molecule has 0 aliphatic rings. The first-order valence-corrected chi connectivity index (χ1v) is 9.58. The summed E-state index contributed by atoms with van der Waals surface area (Å²) in [6.07, 6.45) is 0.586. The Morgan fingerprint density at radius 1 is 1.14 bits per heavy atom. The molecular formula is C20H21N3O4S. The SMILES string of the molecule is CCc1nnsc1C(=O)OCC(=O)N(C)Cc1ccc2cc(OC)ccc2c1. The monoisotopic (exact) mass is 399 g/mol. The number of carbonyl (C=O) groups excluding carboxylic acids is 2. The highest BCUT2D eigenvalue weighted by molar-refractivity contribution is 7.07. The second-order valence-corrected chi connectivity index (χ2v) is 7.03. The third-order valence-corrected chi connectivity index (χ3v) is 5.11. The minimum absolute atomic E-state index is 0.279. The molecular weight excluding hydrogens is 378 g/mol. The van der Waals surface area contributed by atoms with Crippen molar-refractivity contribution in [2.24, 2.45) is 0 Å². The van der Waals surface area contributed by atoms with Gasteiger partial charge in [0.1, 0.15) is 5.75 Å². The van der Waals surface area contributed by atoms with Crippen LogP contribution in [0.1, 0.15) is 27.9 Å². The van der Waals surface area contributed by atoms with Crippen molar-refractivity contribution in [3.63, 3.8) is 0 Å². The second-order valence-electron chi connectivity index (χ2n) is 6.28. The van der Waals surface area contributed by atoms with Gasteiger partial charge in [-0.05, 0) is 52.5 Å². The van der Waals surface area contributed by atoms with Gasteiger partial charge in [-0.25, -0.2) is 4.79 Å². The van der Waals surface area contributed by atoms with Crippen molar-refractivity contribution in [1.29, 1.82) is 0 Å². The number of rotatable bonds is 7. The average molecular weight is 399 g/mol. The van der Waals surface area contributed by atoms with E-state index < -0.39 is 5.97 Å². The quantitative estimate of drug-likeness (QED) is 0.568. The van der Waals surface area contributed by atoms with Crippen LogP contribution in [0.2, 0.25) is 0 Å². The van der Waals surface area contributed by atoms with Crippen molar-refractivity contribution < 1.29 is 19.1 Å². The third-order valence-electron chi connectivity index (χ3n) is 4.36. The molecule has 0 unspecified atom stereocenters. The lowest BCUT2D eigenvalue weighted by Gasteiger charge is -2.17. The van der Waals surface area contributed by atoms with E-state index in [0.29, 0.717) is 23.5 Å². The summed E-state index contributed by atoms with van der Waals surface area (Å²) >= 11 is 0.979. The number of benzene rings is 2. The van der Waals surface area contributed by atoms with Gasteiger partial charge in [0, 0.05) is 13.6 Å². The van der Waals surface area contributed by atoms with Crippen molar-refractivity contribution in [3.8, 4) is 5.75 Å². The molecule has 2 aromatic carbocycles. The predicted octanol–water partition coefficient (Wildman–Crippen LogP) is 3.08. The number of fused-ring (bicyclic) bond motifs is 1. The molecule has 146 valence electrons. The molecule has 0 fully saturated rings. The number of esters is 1. The molecule has 0 saturated heterocycles. The zero-order valence-corrected chi connectivity index (χ0v) is 16.8. The number of aryl methyl sites for hydroxylation is 1. The lowest BCUT2D eigenvalue weighted by molar-refractivity contribution is -0.133. The van der Waals surface area contributed by atoms with Gasteiger partial charge in [-0.15, -0.1) is 5.10 Å². The number of hydrogen-bond donors (Lipinski definition) is 0. The number of ether oxygens (including phenoxy) is 2. The molecule has 0 radical (unpaired) electrons. The molecule has 0 aliphatic heterocycles. The zero-order chi connectivity index (χ0) is 20.1. The van der Waals surface area contributed by atoms with E-state index in [1.54, 1.807) is 14.2 Å². The van der Waals surface area contributed by atoms with Gasteiger partial charge in [0.15, 0.2) is 11.5 Å². The van der Waals surface area contributed by atoms with Gasteiger partial charge in [-0.2, -0.15) is 0 Å². The molecule has 28 heavy (non-hydrogen) atoms. The standard InChI is InChI=1S/C20H21N3O4S/c1-4-17-19(28-22-21-17)20(25)27-12-18(24)23(2)11-13-5-6-15-10-16(26-3)8-7-14(15)9-13/h5-10H,4,11-12H2,1-3H3. The van der Waals surface area contributed by atoms with E-state index in [1.165, 1.54) is 4.90 Å². The normalized spacial score (nSPS) is 10.7. The van der Waals surface area contributed by atoms with Crippen LogP contribution in [0.15, 0.2) is 36.4 Å². The highest BCUT2D eigenvalue weighted by Gasteiger charge is 2.19. The molecule has 0 bridgehead atoms. The molecule has 1 amide bonds. The van der Waals surface area contributed by atoms with Crippen LogP contribution < -0.4 is 4.74 Å². The summed E-state index contributed by atoms with van der Waals surface area (Å²) in [7, 11) is 3.32. The van der Waals surface area contributed by atoms with Crippen LogP contribution in [0.4, 0.5) is 0 Å². The van der Waals surface area contributed by atoms with Crippen molar-refractivity contribution >= 4 is 34.2 Å². The van der Waals surface area contributed by atoms with Crippen LogP contribution in [0.5, 0.6) is 5.75 Å². The Labute approximate surface area is 167 Å². The first-order chi connectivity index (χ1) is 13.5. The number of carbonyl (C=O) groups is 2. The number of aromatic nitrogens is 2. The van der Waals surface area contributed by atoms with Gasteiger partial charge >= 0.3 is 5.97 Å². The molecule has 0 atom stereocenters. The van der Waals surface area contributed by atoms with Crippen molar-refractivity contribution in [2.75, 3.05) is 20.8 Å². The summed E-state index contributed by atoms with van der Waals surface area (Å²) in [5, 5.41) is 6.00. The van der Waals surface area contributed by atoms with E-state index in [2.05, 4.69) is 9.59 Å². The topological polar surface area (TPSA) is 81.6 Å². The Hall–Kier alpha value is -3.00. The maximum absolute atomic E-state index is 12.3. The van der Waals surface area contributed by atoms with E-state index in [1.807, 2.05) is 43.3 Å². The van der Waals surface area contributed by atoms with Gasteiger partial charge in [0.2, 0.25) is 0 Å². The Bertz CT molecular complexity index is 1000. The highest BCUT2D eigenvalue weighted by Crippen LogP contribution is 2.22. The van der Waals surface area contributed by atoms with E-state index in [4.69, 9.17) is 9.47 Å². The van der Waals surface area contributed by atoms with Crippen LogP contribution in [0.25, 0.3) is 10.8 Å². The minimum atomic E-state index is -0.562. The van der Waals surface area contributed by atoms with Gasteiger partial charge in [-0.1, -0.05) is 29.6 Å².